The first-order valence-corrected chi connectivity index (χ1v) is 5.94. The predicted octanol–water partition coefficient (Wildman–Crippen LogP) is 1.18. The highest BCUT2D eigenvalue weighted by atomic mass is 16.3. The van der Waals surface area contributed by atoms with Crippen molar-refractivity contribution >= 4 is 0 Å². The van der Waals surface area contributed by atoms with Crippen molar-refractivity contribution in [1.82, 2.24) is 15.3 Å². The van der Waals surface area contributed by atoms with Gasteiger partial charge >= 0.3 is 0 Å². The molecule has 1 saturated carbocycles. The monoisotopic (exact) mass is 221 g/mol. The Morgan fingerprint density at radius 1 is 1.31 bits per heavy atom. The fourth-order valence-corrected chi connectivity index (χ4v) is 2.10. The number of aromatic nitrogens is 2. The van der Waals surface area contributed by atoms with Crippen LogP contribution in [-0.4, -0.2) is 27.2 Å². The lowest BCUT2D eigenvalue weighted by Gasteiger charge is -2.28. The lowest BCUT2D eigenvalue weighted by atomic mass is 9.92. The minimum Gasteiger partial charge on any atom is -0.392 e. The van der Waals surface area contributed by atoms with E-state index in [4.69, 9.17) is 0 Å². The predicted molar refractivity (Wildman–Crippen MR) is 61.9 cm³/mol. The number of aliphatic hydroxyl groups is 1. The number of aryl methyl sites for hydroxylation is 1. The van der Waals surface area contributed by atoms with E-state index >= 15 is 0 Å². The van der Waals surface area contributed by atoms with E-state index in [1.807, 2.05) is 6.92 Å². The van der Waals surface area contributed by atoms with Crippen molar-refractivity contribution < 1.29 is 5.11 Å². The van der Waals surface area contributed by atoms with Gasteiger partial charge in [-0.25, -0.2) is 0 Å². The van der Waals surface area contributed by atoms with Gasteiger partial charge in [-0.1, -0.05) is 12.8 Å². The highest BCUT2D eigenvalue weighted by Gasteiger charge is 2.22. The van der Waals surface area contributed by atoms with Gasteiger partial charge in [-0.3, -0.25) is 9.97 Å². The summed E-state index contributed by atoms with van der Waals surface area (Å²) in [7, 11) is 0. The molecule has 2 N–H and O–H groups in total. The minimum atomic E-state index is -0.202. The summed E-state index contributed by atoms with van der Waals surface area (Å²) >= 11 is 0. The zero-order chi connectivity index (χ0) is 11.4. The number of aliphatic hydroxyl groups excluding tert-OH is 1. The summed E-state index contributed by atoms with van der Waals surface area (Å²) in [6, 6.07) is 0.219. The second-order valence-electron chi connectivity index (χ2n) is 4.49. The maximum Gasteiger partial charge on any atom is 0.0724 e. The summed E-state index contributed by atoms with van der Waals surface area (Å²) in [5, 5.41) is 13.1. The molecule has 2 rings (SSSR count). The molecule has 4 heteroatoms. The maximum atomic E-state index is 9.79. The molecule has 4 nitrogen and oxygen atoms in total. The summed E-state index contributed by atoms with van der Waals surface area (Å²) in [6.45, 7) is 2.62. The fraction of sp³-hybridized carbons (Fsp3) is 0.667. The molecule has 1 aromatic rings. The van der Waals surface area contributed by atoms with E-state index in [2.05, 4.69) is 15.3 Å². The van der Waals surface area contributed by atoms with Gasteiger partial charge in [-0.2, -0.15) is 0 Å². The number of hydrogen-bond donors (Lipinski definition) is 2. The van der Waals surface area contributed by atoms with Crippen LogP contribution in [0, 0.1) is 6.92 Å². The average molecular weight is 221 g/mol. The number of nitrogens with one attached hydrogen (secondary N) is 1. The van der Waals surface area contributed by atoms with Crippen molar-refractivity contribution in [3.8, 4) is 0 Å². The Bertz CT molecular complexity index is 326. The van der Waals surface area contributed by atoms with Crippen LogP contribution in [-0.2, 0) is 6.54 Å². The molecule has 0 bridgehead atoms. The number of rotatable bonds is 3. The Morgan fingerprint density at radius 3 is 2.81 bits per heavy atom. The van der Waals surface area contributed by atoms with E-state index in [9.17, 15) is 5.11 Å². The van der Waals surface area contributed by atoms with Crippen LogP contribution >= 0.6 is 0 Å². The highest BCUT2D eigenvalue weighted by Crippen LogP contribution is 2.18. The van der Waals surface area contributed by atoms with Crippen molar-refractivity contribution in [2.24, 2.45) is 0 Å². The molecule has 0 aliphatic heterocycles. The van der Waals surface area contributed by atoms with Crippen molar-refractivity contribution in [1.29, 1.82) is 0 Å². The molecule has 2 atom stereocenters. The molecule has 2 unspecified atom stereocenters. The van der Waals surface area contributed by atoms with Crippen LogP contribution in [0.1, 0.15) is 37.1 Å². The topological polar surface area (TPSA) is 58.0 Å². The number of hydrogen-bond acceptors (Lipinski definition) is 4. The van der Waals surface area contributed by atoms with Gasteiger partial charge in [0.25, 0.3) is 0 Å². The van der Waals surface area contributed by atoms with Crippen LogP contribution in [0.4, 0.5) is 0 Å². The Balaban J connectivity index is 1.84. The normalized spacial score (nSPS) is 25.6. The molecule has 0 amide bonds. The van der Waals surface area contributed by atoms with Gasteiger partial charge in [0.1, 0.15) is 0 Å². The SMILES string of the molecule is Cc1cnc(CNC2CCCCC2O)cn1. The molecule has 0 spiro atoms. The molecule has 1 heterocycles. The lowest BCUT2D eigenvalue weighted by molar-refractivity contribution is 0.0901. The molecular formula is C12H19N3O. The van der Waals surface area contributed by atoms with Crippen LogP contribution < -0.4 is 5.32 Å². The summed E-state index contributed by atoms with van der Waals surface area (Å²) in [6.07, 6.45) is 7.67. The molecule has 0 radical (unpaired) electrons. The number of nitrogens with zero attached hydrogens (tertiary/aromatic N) is 2. The van der Waals surface area contributed by atoms with E-state index < -0.39 is 0 Å². The van der Waals surface area contributed by atoms with E-state index in [0.717, 1.165) is 30.7 Å². The molecule has 1 fully saturated rings. The van der Waals surface area contributed by atoms with Crippen molar-refractivity contribution in [2.45, 2.75) is 51.3 Å². The molecule has 1 aromatic heterocycles. The van der Waals surface area contributed by atoms with Gasteiger partial charge in [0, 0.05) is 25.0 Å². The zero-order valence-corrected chi connectivity index (χ0v) is 9.69. The van der Waals surface area contributed by atoms with Gasteiger partial charge in [-0.15, -0.1) is 0 Å². The van der Waals surface area contributed by atoms with Crippen LogP contribution in [0.5, 0.6) is 0 Å². The summed E-state index contributed by atoms with van der Waals surface area (Å²) in [5.74, 6) is 0. The Morgan fingerprint density at radius 2 is 2.12 bits per heavy atom. The molecule has 16 heavy (non-hydrogen) atoms. The van der Waals surface area contributed by atoms with E-state index in [0.29, 0.717) is 6.54 Å². The Kier molecular flexibility index (Phi) is 3.85. The fourth-order valence-electron chi connectivity index (χ4n) is 2.10. The largest absolute Gasteiger partial charge is 0.392 e. The molecule has 1 aliphatic rings. The summed E-state index contributed by atoms with van der Waals surface area (Å²) < 4.78 is 0. The van der Waals surface area contributed by atoms with Crippen molar-refractivity contribution in [2.75, 3.05) is 0 Å². The van der Waals surface area contributed by atoms with E-state index in [1.165, 1.54) is 6.42 Å². The van der Waals surface area contributed by atoms with Gasteiger partial charge < -0.3 is 10.4 Å². The first-order chi connectivity index (χ1) is 7.75. The minimum absolute atomic E-state index is 0.202. The summed E-state index contributed by atoms with van der Waals surface area (Å²) in [5.41, 5.74) is 1.87. The third-order valence-electron chi connectivity index (χ3n) is 3.11. The smallest absolute Gasteiger partial charge is 0.0724 e. The quantitative estimate of drug-likeness (QED) is 0.804. The van der Waals surface area contributed by atoms with Crippen molar-refractivity contribution in [3.63, 3.8) is 0 Å². The molecule has 88 valence electrons. The lowest BCUT2D eigenvalue weighted by Crippen LogP contribution is -2.41. The standard InChI is InChI=1S/C12H19N3O/c1-9-6-14-10(7-13-9)8-15-11-4-2-3-5-12(11)16/h6-7,11-12,15-16H,2-5,8H2,1H3. The first-order valence-electron chi connectivity index (χ1n) is 5.94. The second kappa shape index (κ2) is 5.37. The zero-order valence-electron chi connectivity index (χ0n) is 9.69. The van der Waals surface area contributed by atoms with Crippen LogP contribution in [0.25, 0.3) is 0 Å². The molecule has 0 saturated heterocycles. The molecule has 0 aromatic carbocycles. The van der Waals surface area contributed by atoms with Gasteiger partial charge in [0.15, 0.2) is 0 Å². The summed E-state index contributed by atoms with van der Waals surface area (Å²) in [4.78, 5) is 8.48. The third kappa shape index (κ3) is 3.00. The van der Waals surface area contributed by atoms with Gasteiger partial charge in [-0.05, 0) is 19.8 Å². The van der Waals surface area contributed by atoms with E-state index in [-0.39, 0.29) is 12.1 Å². The third-order valence-corrected chi connectivity index (χ3v) is 3.11. The first kappa shape index (κ1) is 11.5. The van der Waals surface area contributed by atoms with Crippen LogP contribution in [0.2, 0.25) is 0 Å². The van der Waals surface area contributed by atoms with Crippen LogP contribution in [0.15, 0.2) is 12.4 Å². The maximum absolute atomic E-state index is 9.79. The average Bonchev–Trinajstić information content (AvgIpc) is 2.30. The van der Waals surface area contributed by atoms with Crippen molar-refractivity contribution in [3.05, 3.63) is 23.8 Å². The van der Waals surface area contributed by atoms with Crippen LogP contribution in [0.3, 0.4) is 0 Å². The molecular weight excluding hydrogens is 202 g/mol. The Labute approximate surface area is 96.1 Å². The van der Waals surface area contributed by atoms with E-state index in [1.54, 1.807) is 12.4 Å². The Hall–Kier alpha value is -1.00. The van der Waals surface area contributed by atoms with Gasteiger partial charge in [0.05, 0.1) is 17.5 Å². The highest BCUT2D eigenvalue weighted by molar-refractivity contribution is 5.00. The second-order valence-corrected chi connectivity index (χ2v) is 4.49. The molecule has 1 aliphatic carbocycles. The van der Waals surface area contributed by atoms with Gasteiger partial charge in [0.2, 0.25) is 0 Å².